The van der Waals surface area contributed by atoms with Crippen LogP contribution in [0.15, 0.2) is 60.7 Å². The summed E-state index contributed by atoms with van der Waals surface area (Å²) in [6.07, 6.45) is 8.96. The molecule has 100 valence electrons. The first kappa shape index (κ1) is 12.9. The molecule has 0 fully saturated rings. The van der Waals surface area contributed by atoms with E-state index in [0.29, 0.717) is 5.92 Å². The van der Waals surface area contributed by atoms with E-state index in [1.165, 1.54) is 22.3 Å². The molecule has 0 spiro atoms. The second-order valence-corrected chi connectivity index (χ2v) is 5.05. The van der Waals surface area contributed by atoms with Crippen LogP contribution in [0.2, 0.25) is 0 Å². The lowest BCUT2D eigenvalue weighted by atomic mass is 9.87. The summed E-state index contributed by atoms with van der Waals surface area (Å²) in [5.74, 6) is 0.325. The van der Waals surface area contributed by atoms with E-state index in [1.54, 1.807) is 0 Å². The van der Waals surface area contributed by atoms with E-state index >= 15 is 0 Å². The smallest absolute Gasteiger partial charge is 0.0281 e. The maximum Gasteiger partial charge on any atom is 0.0281 e. The molecule has 1 aliphatic rings. The largest absolute Gasteiger partial charge is 0.316 e. The minimum absolute atomic E-state index is 0.325. The molecule has 2 aromatic carbocycles. The van der Waals surface area contributed by atoms with Gasteiger partial charge in [-0.3, -0.25) is 0 Å². The van der Waals surface area contributed by atoms with Gasteiger partial charge < -0.3 is 5.32 Å². The van der Waals surface area contributed by atoms with Crippen LogP contribution in [0.5, 0.6) is 0 Å². The Morgan fingerprint density at radius 2 is 1.45 bits per heavy atom. The summed E-state index contributed by atoms with van der Waals surface area (Å²) in [6.45, 7) is 0.897. The number of allylic oxidation sites excluding steroid dienone is 1. The first-order valence-corrected chi connectivity index (χ1v) is 7.07. The summed E-state index contributed by atoms with van der Waals surface area (Å²) in [7, 11) is 1.97. The van der Waals surface area contributed by atoms with Crippen molar-refractivity contribution in [2.45, 2.75) is 5.92 Å². The normalized spacial score (nSPS) is 14.1. The standard InChI is InChI=1S/C19H19N/c1-20-14-6-11-19-17-9-4-2-7-15(17)12-13-16-8-3-5-10-18(16)19/h2-13,19-20H,14H2,1H3. The zero-order chi connectivity index (χ0) is 13.8. The molecule has 20 heavy (non-hydrogen) atoms. The van der Waals surface area contributed by atoms with Crippen molar-refractivity contribution in [1.82, 2.24) is 5.32 Å². The van der Waals surface area contributed by atoms with E-state index in [9.17, 15) is 0 Å². The fourth-order valence-corrected chi connectivity index (χ4v) is 2.77. The summed E-state index contributed by atoms with van der Waals surface area (Å²) in [5.41, 5.74) is 5.37. The van der Waals surface area contributed by atoms with Crippen LogP contribution < -0.4 is 5.32 Å². The van der Waals surface area contributed by atoms with Crippen LogP contribution in [-0.4, -0.2) is 13.6 Å². The predicted molar refractivity (Wildman–Crippen MR) is 86.7 cm³/mol. The van der Waals surface area contributed by atoms with Gasteiger partial charge in [0.25, 0.3) is 0 Å². The predicted octanol–water partition coefficient (Wildman–Crippen LogP) is 4.08. The van der Waals surface area contributed by atoms with E-state index in [2.05, 4.69) is 78.2 Å². The van der Waals surface area contributed by atoms with Gasteiger partial charge in [0.05, 0.1) is 0 Å². The Balaban J connectivity index is 2.13. The van der Waals surface area contributed by atoms with Crippen molar-refractivity contribution in [1.29, 1.82) is 0 Å². The van der Waals surface area contributed by atoms with Gasteiger partial charge in [0, 0.05) is 12.5 Å². The van der Waals surface area contributed by atoms with Gasteiger partial charge in [-0.15, -0.1) is 0 Å². The lowest BCUT2D eigenvalue weighted by molar-refractivity contribution is 0.907. The second kappa shape index (κ2) is 5.89. The Labute approximate surface area is 120 Å². The number of likely N-dealkylation sites (N-methyl/N-ethyl adjacent to an activating group) is 1. The van der Waals surface area contributed by atoms with Crippen molar-refractivity contribution in [2.24, 2.45) is 0 Å². The van der Waals surface area contributed by atoms with E-state index in [0.717, 1.165) is 6.54 Å². The number of rotatable bonds is 3. The first-order chi connectivity index (χ1) is 9.90. The van der Waals surface area contributed by atoms with Crippen LogP contribution in [0, 0.1) is 0 Å². The lowest BCUT2D eigenvalue weighted by Crippen LogP contribution is -2.06. The Morgan fingerprint density at radius 3 is 2.00 bits per heavy atom. The maximum absolute atomic E-state index is 3.17. The molecular weight excluding hydrogens is 242 g/mol. The van der Waals surface area contributed by atoms with E-state index in [-0.39, 0.29) is 0 Å². The third-order valence-corrected chi connectivity index (χ3v) is 3.76. The molecule has 0 heterocycles. The quantitative estimate of drug-likeness (QED) is 0.821. The van der Waals surface area contributed by atoms with Crippen molar-refractivity contribution < 1.29 is 0 Å². The van der Waals surface area contributed by atoms with Crippen LogP contribution >= 0.6 is 0 Å². The number of hydrogen-bond acceptors (Lipinski definition) is 1. The maximum atomic E-state index is 3.17. The highest BCUT2D eigenvalue weighted by Gasteiger charge is 2.18. The van der Waals surface area contributed by atoms with E-state index in [4.69, 9.17) is 0 Å². The molecule has 1 N–H and O–H groups in total. The van der Waals surface area contributed by atoms with Gasteiger partial charge in [0.15, 0.2) is 0 Å². The van der Waals surface area contributed by atoms with Gasteiger partial charge in [-0.1, -0.05) is 72.8 Å². The summed E-state index contributed by atoms with van der Waals surface area (Å²) < 4.78 is 0. The third kappa shape index (κ3) is 2.45. The topological polar surface area (TPSA) is 12.0 Å². The summed E-state index contributed by atoms with van der Waals surface area (Å²) >= 11 is 0. The molecule has 0 amide bonds. The Bertz CT molecular complexity index is 603. The van der Waals surface area contributed by atoms with E-state index in [1.807, 2.05) is 7.05 Å². The van der Waals surface area contributed by atoms with Crippen LogP contribution in [0.3, 0.4) is 0 Å². The molecule has 1 nitrogen and oxygen atoms in total. The summed E-state index contributed by atoms with van der Waals surface area (Å²) in [6, 6.07) is 17.3. The molecule has 0 radical (unpaired) electrons. The molecule has 2 aromatic rings. The van der Waals surface area contributed by atoms with Crippen LogP contribution in [0.4, 0.5) is 0 Å². The highest BCUT2D eigenvalue weighted by Crippen LogP contribution is 2.35. The number of hydrogen-bond donors (Lipinski definition) is 1. The Hall–Kier alpha value is -2.12. The van der Waals surface area contributed by atoms with Crippen LogP contribution in [0.1, 0.15) is 28.2 Å². The van der Waals surface area contributed by atoms with Gasteiger partial charge in [0.1, 0.15) is 0 Å². The monoisotopic (exact) mass is 261 g/mol. The Kier molecular flexibility index (Phi) is 3.80. The first-order valence-electron chi connectivity index (χ1n) is 7.07. The molecule has 1 heteroatoms. The molecule has 0 aliphatic heterocycles. The summed E-state index contributed by atoms with van der Waals surface area (Å²) in [5, 5.41) is 3.17. The summed E-state index contributed by atoms with van der Waals surface area (Å²) in [4.78, 5) is 0. The fourth-order valence-electron chi connectivity index (χ4n) is 2.77. The van der Waals surface area contributed by atoms with Crippen molar-refractivity contribution in [3.05, 3.63) is 82.9 Å². The number of benzene rings is 2. The van der Waals surface area contributed by atoms with Crippen molar-refractivity contribution >= 4 is 12.2 Å². The van der Waals surface area contributed by atoms with E-state index < -0.39 is 0 Å². The van der Waals surface area contributed by atoms with Gasteiger partial charge in [-0.05, 0) is 29.3 Å². The minimum Gasteiger partial charge on any atom is -0.316 e. The fraction of sp³-hybridized carbons (Fsp3) is 0.158. The molecule has 0 unspecified atom stereocenters. The van der Waals surface area contributed by atoms with Crippen LogP contribution in [-0.2, 0) is 0 Å². The van der Waals surface area contributed by atoms with Gasteiger partial charge in [-0.2, -0.15) is 0 Å². The molecule has 0 atom stereocenters. The highest BCUT2D eigenvalue weighted by atomic mass is 14.8. The molecule has 0 saturated carbocycles. The van der Waals surface area contributed by atoms with Gasteiger partial charge >= 0.3 is 0 Å². The van der Waals surface area contributed by atoms with Crippen molar-refractivity contribution in [2.75, 3.05) is 13.6 Å². The minimum atomic E-state index is 0.325. The average molecular weight is 261 g/mol. The zero-order valence-electron chi connectivity index (χ0n) is 11.7. The molecule has 3 rings (SSSR count). The highest BCUT2D eigenvalue weighted by molar-refractivity contribution is 5.77. The average Bonchev–Trinajstić information content (AvgIpc) is 2.66. The number of nitrogens with one attached hydrogen (secondary N) is 1. The molecule has 0 saturated heterocycles. The van der Waals surface area contributed by atoms with Crippen molar-refractivity contribution in [3.8, 4) is 0 Å². The molecule has 1 aliphatic carbocycles. The Morgan fingerprint density at radius 1 is 0.900 bits per heavy atom. The lowest BCUT2D eigenvalue weighted by Gasteiger charge is -2.16. The van der Waals surface area contributed by atoms with Crippen molar-refractivity contribution in [3.63, 3.8) is 0 Å². The third-order valence-electron chi connectivity index (χ3n) is 3.76. The zero-order valence-corrected chi connectivity index (χ0v) is 11.7. The molecule has 0 aromatic heterocycles. The van der Waals surface area contributed by atoms with Gasteiger partial charge in [0.2, 0.25) is 0 Å². The molecular formula is C19H19N. The second-order valence-electron chi connectivity index (χ2n) is 5.05. The van der Waals surface area contributed by atoms with Gasteiger partial charge in [-0.25, -0.2) is 0 Å². The SMILES string of the molecule is CNCC=CC1c2ccccc2C=Cc2ccccc21. The number of fused-ring (bicyclic) bond motifs is 2. The van der Waals surface area contributed by atoms with Crippen LogP contribution in [0.25, 0.3) is 12.2 Å². The molecule has 0 bridgehead atoms.